The van der Waals surface area contributed by atoms with Gasteiger partial charge in [-0.05, 0) is 43.5 Å². The number of likely N-dealkylation sites (tertiary alicyclic amines) is 1. The van der Waals surface area contributed by atoms with Crippen LogP contribution in [0.4, 0.5) is 0 Å². The van der Waals surface area contributed by atoms with Crippen LogP contribution in [0.2, 0.25) is 0 Å². The van der Waals surface area contributed by atoms with Crippen molar-refractivity contribution in [2.24, 2.45) is 0 Å². The fraction of sp³-hybridized carbons (Fsp3) is 0.412. The van der Waals surface area contributed by atoms with Crippen molar-refractivity contribution in [3.05, 3.63) is 47.8 Å². The zero-order valence-electron chi connectivity index (χ0n) is 13.8. The van der Waals surface area contributed by atoms with E-state index in [1.54, 1.807) is 18.3 Å². The number of carbonyl (C=O) groups is 1. The third kappa shape index (κ3) is 3.36. The highest BCUT2D eigenvalue weighted by atomic mass is 32.2. The van der Waals surface area contributed by atoms with Gasteiger partial charge in [-0.1, -0.05) is 6.07 Å². The third-order valence-electron chi connectivity index (χ3n) is 4.46. The van der Waals surface area contributed by atoms with E-state index in [1.165, 1.54) is 6.07 Å². The molecule has 0 aliphatic carbocycles. The molecule has 1 aliphatic rings. The molecule has 0 saturated carbocycles. The van der Waals surface area contributed by atoms with E-state index in [0.29, 0.717) is 18.7 Å². The second-order valence-corrected chi connectivity index (χ2v) is 8.29. The Bertz CT molecular complexity index is 844. The third-order valence-corrected chi connectivity index (χ3v) is 5.57. The largest absolute Gasteiger partial charge is 0.334 e. The van der Waals surface area contributed by atoms with Crippen LogP contribution < -0.4 is 0 Å². The molecule has 3 rings (SSSR count). The SMILES string of the molecule is Cc1ccc(S(C)(=O)=O)cc1C(=O)N1CCC[C@@H]1Cn1cccn1. The summed E-state index contributed by atoms with van der Waals surface area (Å²) in [5, 5.41) is 4.21. The molecular formula is C17H21N3O3S. The van der Waals surface area contributed by atoms with Crippen LogP contribution in [0.3, 0.4) is 0 Å². The van der Waals surface area contributed by atoms with Crippen molar-refractivity contribution in [1.29, 1.82) is 0 Å². The average molecular weight is 347 g/mol. The Kier molecular flexibility index (Phi) is 4.45. The zero-order valence-corrected chi connectivity index (χ0v) is 14.7. The number of sulfone groups is 1. The smallest absolute Gasteiger partial charge is 0.254 e. The topological polar surface area (TPSA) is 72.3 Å². The number of hydrogen-bond donors (Lipinski definition) is 0. The van der Waals surface area contributed by atoms with Crippen molar-refractivity contribution in [2.45, 2.75) is 37.2 Å². The van der Waals surface area contributed by atoms with Crippen molar-refractivity contribution in [3.8, 4) is 0 Å². The highest BCUT2D eigenvalue weighted by molar-refractivity contribution is 7.90. The lowest BCUT2D eigenvalue weighted by molar-refractivity contribution is 0.0720. The van der Waals surface area contributed by atoms with E-state index >= 15 is 0 Å². The number of aryl methyl sites for hydroxylation is 1. The van der Waals surface area contributed by atoms with E-state index in [1.807, 2.05) is 28.8 Å². The molecule has 7 heteroatoms. The van der Waals surface area contributed by atoms with Crippen molar-refractivity contribution < 1.29 is 13.2 Å². The summed E-state index contributed by atoms with van der Waals surface area (Å²) in [6.07, 6.45) is 6.64. The van der Waals surface area contributed by atoms with Crippen LogP contribution in [0.25, 0.3) is 0 Å². The van der Waals surface area contributed by atoms with Gasteiger partial charge in [0.05, 0.1) is 17.5 Å². The first kappa shape index (κ1) is 16.7. The molecule has 1 atom stereocenters. The lowest BCUT2D eigenvalue weighted by atomic mass is 10.1. The van der Waals surface area contributed by atoms with Crippen LogP contribution in [0.5, 0.6) is 0 Å². The Balaban J connectivity index is 1.87. The van der Waals surface area contributed by atoms with Gasteiger partial charge in [-0.25, -0.2) is 8.42 Å². The maximum atomic E-state index is 13.0. The van der Waals surface area contributed by atoms with Crippen molar-refractivity contribution in [3.63, 3.8) is 0 Å². The summed E-state index contributed by atoms with van der Waals surface area (Å²) in [5.74, 6) is -0.104. The first-order chi connectivity index (χ1) is 11.4. The maximum absolute atomic E-state index is 13.0. The van der Waals surface area contributed by atoms with Gasteiger partial charge in [0.15, 0.2) is 9.84 Å². The van der Waals surface area contributed by atoms with Gasteiger partial charge >= 0.3 is 0 Å². The minimum absolute atomic E-state index is 0.0821. The van der Waals surface area contributed by atoms with E-state index in [0.717, 1.165) is 24.7 Å². The highest BCUT2D eigenvalue weighted by Crippen LogP contribution is 2.24. The number of aromatic nitrogens is 2. The van der Waals surface area contributed by atoms with Crippen LogP contribution in [0.1, 0.15) is 28.8 Å². The first-order valence-electron chi connectivity index (χ1n) is 7.95. The van der Waals surface area contributed by atoms with Crippen LogP contribution in [-0.4, -0.2) is 47.8 Å². The number of rotatable bonds is 4. The molecule has 2 aromatic rings. The molecule has 2 heterocycles. The molecule has 128 valence electrons. The number of amides is 1. The summed E-state index contributed by atoms with van der Waals surface area (Å²) in [4.78, 5) is 15.0. The Labute approximate surface area is 142 Å². The molecule has 0 radical (unpaired) electrons. The molecule has 0 N–H and O–H groups in total. The van der Waals surface area contributed by atoms with Gasteiger partial charge in [0.1, 0.15) is 0 Å². The average Bonchev–Trinajstić information content (AvgIpc) is 3.18. The van der Waals surface area contributed by atoms with Crippen LogP contribution >= 0.6 is 0 Å². The summed E-state index contributed by atoms with van der Waals surface area (Å²) in [6, 6.07) is 6.69. The molecule has 0 unspecified atom stereocenters. The molecule has 1 fully saturated rings. The minimum Gasteiger partial charge on any atom is -0.334 e. The quantitative estimate of drug-likeness (QED) is 0.847. The molecule has 1 saturated heterocycles. The standard InChI is InChI=1S/C17H21N3O3S/c1-13-6-7-15(24(2,22)23)11-16(13)17(21)20-10-3-5-14(20)12-19-9-4-8-18-19/h4,6-9,11,14H,3,5,10,12H2,1-2H3/t14-/m1/s1. The second kappa shape index (κ2) is 6.39. The summed E-state index contributed by atoms with van der Waals surface area (Å²) in [5.41, 5.74) is 1.25. The predicted octanol–water partition coefficient (Wildman–Crippen LogP) is 1.90. The predicted molar refractivity (Wildman–Crippen MR) is 90.6 cm³/mol. The van der Waals surface area contributed by atoms with Gasteiger partial charge < -0.3 is 4.90 Å². The van der Waals surface area contributed by atoms with Crippen LogP contribution in [0, 0.1) is 6.92 Å². The van der Waals surface area contributed by atoms with E-state index in [4.69, 9.17) is 0 Å². The van der Waals surface area contributed by atoms with Gasteiger partial charge in [-0.2, -0.15) is 5.10 Å². The Hall–Kier alpha value is -2.15. The number of hydrogen-bond acceptors (Lipinski definition) is 4. The zero-order chi connectivity index (χ0) is 17.3. The lowest BCUT2D eigenvalue weighted by Gasteiger charge is -2.25. The Morgan fingerprint density at radius 2 is 2.17 bits per heavy atom. The molecule has 0 bridgehead atoms. The van der Waals surface area contributed by atoms with Gasteiger partial charge in [0, 0.05) is 30.8 Å². The molecule has 0 spiro atoms. The lowest BCUT2D eigenvalue weighted by Crippen LogP contribution is -2.38. The number of carbonyl (C=O) groups excluding carboxylic acids is 1. The first-order valence-corrected chi connectivity index (χ1v) is 9.84. The molecule has 1 aromatic heterocycles. The fourth-order valence-electron chi connectivity index (χ4n) is 3.13. The highest BCUT2D eigenvalue weighted by Gasteiger charge is 2.30. The monoisotopic (exact) mass is 347 g/mol. The summed E-state index contributed by atoms with van der Waals surface area (Å²) in [6.45, 7) is 3.18. The van der Waals surface area contributed by atoms with Gasteiger partial charge in [0.2, 0.25) is 0 Å². The number of benzene rings is 1. The van der Waals surface area contributed by atoms with Crippen molar-refractivity contribution in [2.75, 3.05) is 12.8 Å². The molecule has 1 amide bonds. The molecular weight excluding hydrogens is 326 g/mol. The Morgan fingerprint density at radius 3 is 2.83 bits per heavy atom. The molecule has 1 aliphatic heterocycles. The second-order valence-electron chi connectivity index (χ2n) is 6.27. The fourth-order valence-corrected chi connectivity index (χ4v) is 3.78. The van der Waals surface area contributed by atoms with E-state index < -0.39 is 9.84 Å². The number of nitrogens with zero attached hydrogens (tertiary/aromatic N) is 3. The maximum Gasteiger partial charge on any atom is 0.254 e. The molecule has 1 aromatic carbocycles. The van der Waals surface area contributed by atoms with E-state index in [-0.39, 0.29) is 16.8 Å². The van der Waals surface area contributed by atoms with Gasteiger partial charge in [-0.3, -0.25) is 9.48 Å². The van der Waals surface area contributed by atoms with Crippen molar-refractivity contribution >= 4 is 15.7 Å². The van der Waals surface area contributed by atoms with Gasteiger partial charge in [-0.15, -0.1) is 0 Å². The van der Waals surface area contributed by atoms with E-state index in [2.05, 4.69) is 5.10 Å². The Morgan fingerprint density at radius 1 is 1.38 bits per heavy atom. The summed E-state index contributed by atoms with van der Waals surface area (Å²) in [7, 11) is -3.34. The van der Waals surface area contributed by atoms with Gasteiger partial charge in [0.25, 0.3) is 5.91 Å². The molecule has 6 nitrogen and oxygen atoms in total. The van der Waals surface area contributed by atoms with Crippen molar-refractivity contribution in [1.82, 2.24) is 14.7 Å². The minimum atomic E-state index is -3.34. The normalized spacial score (nSPS) is 18.1. The summed E-state index contributed by atoms with van der Waals surface area (Å²) < 4.78 is 25.4. The molecule has 24 heavy (non-hydrogen) atoms. The summed E-state index contributed by atoms with van der Waals surface area (Å²) >= 11 is 0. The van der Waals surface area contributed by atoms with E-state index in [9.17, 15) is 13.2 Å². The van der Waals surface area contributed by atoms with Crippen LogP contribution in [0.15, 0.2) is 41.6 Å². The van der Waals surface area contributed by atoms with Crippen LogP contribution in [-0.2, 0) is 16.4 Å².